The number of benzene rings is 1. The lowest BCUT2D eigenvalue weighted by Crippen LogP contribution is -2.33. The van der Waals surface area contributed by atoms with Gasteiger partial charge in [0.15, 0.2) is 0 Å². The summed E-state index contributed by atoms with van der Waals surface area (Å²) in [5.74, 6) is 0. The van der Waals surface area contributed by atoms with Crippen LogP contribution in [0.3, 0.4) is 0 Å². The van der Waals surface area contributed by atoms with Gasteiger partial charge in [-0.05, 0) is 99.1 Å². The van der Waals surface area contributed by atoms with Gasteiger partial charge >= 0.3 is 0 Å². The number of nitrogens with zero attached hydrogens (tertiary/aromatic N) is 2. The zero-order valence-electron chi connectivity index (χ0n) is 29.9. The second-order valence-corrected chi connectivity index (χ2v) is 12.8. The maximum Gasteiger partial charge on any atom is 0.0608 e. The van der Waals surface area contributed by atoms with Gasteiger partial charge in [-0.15, -0.1) is 0 Å². The normalized spacial score (nSPS) is 15.0. The highest BCUT2D eigenvalue weighted by Gasteiger charge is 2.22. The molecule has 2 N–H and O–H groups in total. The molecule has 1 aliphatic heterocycles. The van der Waals surface area contributed by atoms with Crippen molar-refractivity contribution >= 4 is 11.3 Å². The van der Waals surface area contributed by atoms with Crippen LogP contribution in [0.25, 0.3) is 11.3 Å². The number of hydrogen-bond acceptors (Lipinski definition) is 3. The van der Waals surface area contributed by atoms with Gasteiger partial charge in [0, 0.05) is 54.9 Å². The molecule has 2 aromatic rings. The minimum absolute atomic E-state index is 0.162. The predicted octanol–water partition coefficient (Wildman–Crippen LogP) is 10.5. The van der Waals surface area contributed by atoms with Gasteiger partial charge in [0.05, 0.1) is 11.4 Å². The zero-order valence-corrected chi connectivity index (χ0v) is 29.9. The molecule has 2 heterocycles. The minimum Gasteiger partial charge on any atom is -0.382 e. The molecule has 0 spiro atoms. The Morgan fingerprint density at radius 1 is 0.936 bits per heavy atom. The monoisotopic (exact) mass is 628 g/mol. The maximum absolute atomic E-state index is 4.19. The smallest absolute Gasteiger partial charge is 0.0608 e. The van der Waals surface area contributed by atoms with E-state index in [1.165, 1.54) is 39.1 Å². The maximum atomic E-state index is 4.19. The van der Waals surface area contributed by atoms with Gasteiger partial charge in [0.2, 0.25) is 0 Å². The molecule has 4 rings (SSSR count). The SMILES string of the molecule is C=C(NC(C)c1ccc(C(=C)C)cc1)C(=C)n1c(C)ccc1C.C=CC1=C(/C=C(\CC)CNC(=C)C(=C)C)CN(C2=CC(=C)C2)CC1. The molecule has 0 radical (unpaired) electrons. The Bertz CT molecular complexity index is 1630. The van der Waals surface area contributed by atoms with Gasteiger partial charge < -0.3 is 20.1 Å². The summed E-state index contributed by atoms with van der Waals surface area (Å²) in [7, 11) is 0. The van der Waals surface area contributed by atoms with E-state index >= 15 is 0 Å². The van der Waals surface area contributed by atoms with Gasteiger partial charge in [0.25, 0.3) is 0 Å². The largest absolute Gasteiger partial charge is 0.382 e. The van der Waals surface area contributed by atoms with Crippen LogP contribution in [0.2, 0.25) is 0 Å². The number of aromatic nitrogens is 1. The molecule has 1 unspecified atom stereocenters. The molecule has 1 aromatic heterocycles. The number of aryl methyl sites for hydroxylation is 2. The number of rotatable bonds is 14. The minimum atomic E-state index is 0.162. The van der Waals surface area contributed by atoms with Crippen LogP contribution in [0.5, 0.6) is 0 Å². The first kappa shape index (κ1) is 36.8. The fraction of sp³-hybridized carbons (Fsp3) is 0.302. The Morgan fingerprint density at radius 3 is 2.06 bits per heavy atom. The number of allylic oxidation sites excluding steroid dienone is 6. The molecule has 47 heavy (non-hydrogen) atoms. The Morgan fingerprint density at radius 2 is 1.55 bits per heavy atom. The molecular weight excluding hydrogens is 573 g/mol. The van der Waals surface area contributed by atoms with E-state index in [0.29, 0.717) is 0 Å². The molecule has 1 atom stereocenters. The van der Waals surface area contributed by atoms with Crippen LogP contribution in [-0.2, 0) is 0 Å². The van der Waals surface area contributed by atoms with E-state index in [0.717, 1.165) is 78.5 Å². The van der Waals surface area contributed by atoms with Gasteiger partial charge in [-0.1, -0.05) is 101 Å². The predicted molar refractivity (Wildman–Crippen MR) is 207 cm³/mol. The van der Waals surface area contributed by atoms with Crippen LogP contribution in [0, 0.1) is 13.8 Å². The van der Waals surface area contributed by atoms with E-state index in [4.69, 9.17) is 0 Å². The standard InChI is InChI=1S/C22H30N2.C21H26N2/c1-7-19(14-23-18(6)16(3)4)13-21-15-24(10-9-20(21)8-2)22-11-17(5)12-22;1-14(2)20-10-12-21(13-11-20)18(6)22-17(5)19(7)23-15(3)8-9-16(23)4/h8,11,13,23H,2-3,5-7,9-10,12,14-15H2,1,4H3;8-13,18,22H,1,5,7H2,2-4,6H3/b19-13+;. The third-order valence-corrected chi connectivity index (χ3v) is 8.92. The molecule has 0 amide bonds. The highest BCUT2D eigenvalue weighted by atomic mass is 15.1. The third kappa shape index (κ3) is 9.89. The zero-order chi connectivity index (χ0) is 34.8. The summed E-state index contributed by atoms with van der Waals surface area (Å²) in [5, 5.41) is 6.82. The Balaban J connectivity index is 0.000000256. The van der Waals surface area contributed by atoms with Crippen LogP contribution in [0.4, 0.5) is 0 Å². The van der Waals surface area contributed by atoms with Crippen LogP contribution in [-0.4, -0.2) is 29.1 Å². The van der Waals surface area contributed by atoms with Crippen molar-refractivity contribution in [1.29, 1.82) is 0 Å². The summed E-state index contributed by atoms with van der Waals surface area (Å²) in [6, 6.07) is 12.8. The lowest BCUT2D eigenvalue weighted by Gasteiger charge is -2.36. The van der Waals surface area contributed by atoms with Crippen molar-refractivity contribution in [1.82, 2.24) is 20.1 Å². The molecule has 1 aliphatic carbocycles. The van der Waals surface area contributed by atoms with E-state index < -0.39 is 0 Å². The van der Waals surface area contributed by atoms with Crippen molar-refractivity contribution in [2.75, 3.05) is 19.6 Å². The van der Waals surface area contributed by atoms with Crippen molar-refractivity contribution in [2.24, 2.45) is 0 Å². The molecule has 0 fully saturated rings. The molecule has 4 heteroatoms. The summed E-state index contributed by atoms with van der Waals surface area (Å²) < 4.78 is 2.12. The lowest BCUT2D eigenvalue weighted by atomic mass is 9.93. The van der Waals surface area contributed by atoms with Crippen molar-refractivity contribution in [2.45, 2.75) is 66.8 Å². The summed E-state index contributed by atoms with van der Waals surface area (Å²) in [4.78, 5) is 2.47. The van der Waals surface area contributed by atoms with E-state index in [1.807, 2.05) is 19.9 Å². The van der Waals surface area contributed by atoms with Gasteiger partial charge in [0.1, 0.15) is 0 Å². The van der Waals surface area contributed by atoms with Crippen LogP contribution in [0.1, 0.15) is 75.5 Å². The van der Waals surface area contributed by atoms with Crippen LogP contribution < -0.4 is 10.6 Å². The van der Waals surface area contributed by atoms with Gasteiger partial charge in [-0.2, -0.15) is 0 Å². The van der Waals surface area contributed by atoms with Crippen molar-refractivity contribution in [3.8, 4) is 0 Å². The highest BCUT2D eigenvalue weighted by molar-refractivity contribution is 5.63. The second-order valence-electron chi connectivity index (χ2n) is 12.8. The Labute approximate surface area is 285 Å². The Kier molecular flexibility index (Phi) is 13.1. The van der Waals surface area contributed by atoms with Crippen LogP contribution in [0.15, 0.2) is 146 Å². The van der Waals surface area contributed by atoms with E-state index in [-0.39, 0.29) is 6.04 Å². The van der Waals surface area contributed by atoms with Crippen LogP contribution >= 0.6 is 0 Å². The average molecular weight is 629 g/mol. The molecule has 248 valence electrons. The van der Waals surface area contributed by atoms with E-state index in [1.54, 1.807) is 0 Å². The molecular formula is C43H56N4. The molecule has 1 aromatic carbocycles. The van der Waals surface area contributed by atoms with Gasteiger partial charge in [-0.25, -0.2) is 0 Å². The summed E-state index contributed by atoms with van der Waals surface area (Å²) in [6.45, 7) is 43.6. The highest BCUT2D eigenvalue weighted by Crippen LogP contribution is 2.32. The molecule has 0 saturated carbocycles. The first-order valence-electron chi connectivity index (χ1n) is 16.6. The lowest BCUT2D eigenvalue weighted by molar-refractivity contribution is 0.347. The topological polar surface area (TPSA) is 32.2 Å². The fourth-order valence-corrected chi connectivity index (χ4v) is 5.67. The Hall–Kier alpha value is -4.70. The van der Waals surface area contributed by atoms with Crippen molar-refractivity contribution in [3.05, 3.63) is 168 Å². The van der Waals surface area contributed by atoms with Crippen molar-refractivity contribution < 1.29 is 0 Å². The summed E-state index contributed by atoms with van der Waals surface area (Å²) in [5.41, 5.74) is 16.2. The molecule has 4 nitrogen and oxygen atoms in total. The average Bonchev–Trinajstić information content (AvgIpc) is 3.37. The summed E-state index contributed by atoms with van der Waals surface area (Å²) >= 11 is 0. The first-order chi connectivity index (χ1) is 22.2. The second kappa shape index (κ2) is 16.7. The van der Waals surface area contributed by atoms with Crippen molar-refractivity contribution in [3.63, 3.8) is 0 Å². The molecule has 0 saturated heterocycles. The van der Waals surface area contributed by atoms with E-state index in [2.05, 4.69) is 142 Å². The molecule has 2 aliphatic rings. The quantitative estimate of drug-likeness (QED) is 0.204. The fourth-order valence-electron chi connectivity index (χ4n) is 5.67. The number of nitrogens with one attached hydrogen (secondary N) is 2. The van der Waals surface area contributed by atoms with E-state index in [9.17, 15) is 0 Å². The summed E-state index contributed by atoms with van der Waals surface area (Å²) in [6.07, 6.45) is 9.67. The molecule has 0 bridgehead atoms. The third-order valence-electron chi connectivity index (χ3n) is 8.92. The van der Waals surface area contributed by atoms with Gasteiger partial charge in [-0.3, -0.25) is 0 Å². The number of hydrogen-bond donors (Lipinski definition) is 2. The first-order valence-corrected chi connectivity index (χ1v) is 16.6.